The summed E-state index contributed by atoms with van der Waals surface area (Å²) in [4.78, 5) is 10.8. The van der Waals surface area contributed by atoms with E-state index < -0.39 is 5.82 Å². The molecule has 0 atom stereocenters. The molecule has 3 nitrogen and oxygen atoms in total. The van der Waals surface area contributed by atoms with Crippen LogP contribution in [0.4, 0.5) is 4.39 Å². The maximum Gasteiger partial charge on any atom is 0.134 e. The Labute approximate surface area is 81.1 Å². The zero-order valence-corrected chi connectivity index (χ0v) is 8.00. The molecule has 1 aromatic carbocycles. The highest BCUT2D eigenvalue weighted by molar-refractivity contribution is 5.79. The first-order valence-electron chi connectivity index (χ1n) is 4.09. The van der Waals surface area contributed by atoms with Crippen LogP contribution in [0.3, 0.4) is 0 Å². The van der Waals surface area contributed by atoms with Gasteiger partial charge in [-0.1, -0.05) is 0 Å². The summed E-state index contributed by atoms with van der Waals surface area (Å²) in [6, 6.07) is 2.24. The van der Waals surface area contributed by atoms with E-state index >= 15 is 0 Å². The quantitative estimate of drug-likeness (QED) is 0.803. The van der Waals surface area contributed by atoms with Crippen molar-refractivity contribution in [3.8, 4) is 11.5 Å². The Kier molecular flexibility index (Phi) is 3.06. The van der Waals surface area contributed by atoms with E-state index in [9.17, 15) is 9.18 Å². The molecule has 0 unspecified atom stereocenters. The number of hydrogen-bond donors (Lipinski definition) is 1. The Hall–Kier alpha value is -1.58. The van der Waals surface area contributed by atoms with E-state index in [1.54, 1.807) is 0 Å². The summed E-state index contributed by atoms with van der Waals surface area (Å²) in [5, 5.41) is 9.08. The van der Waals surface area contributed by atoms with Crippen molar-refractivity contribution >= 4 is 5.78 Å². The Morgan fingerprint density at radius 3 is 2.71 bits per heavy atom. The second kappa shape index (κ2) is 4.09. The van der Waals surface area contributed by atoms with Gasteiger partial charge in [0.25, 0.3) is 0 Å². The lowest BCUT2D eigenvalue weighted by Gasteiger charge is -2.08. The number of phenols is 1. The van der Waals surface area contributed by atoms with Gasteiger partial charge < -0.3 is 9.84 Å². The molecule has 0 aliphatic rings. The summed E-state index contributed by atoms with van der Waals surface area (Å²) in [6.45, 7) is 1.37. The Morgan fingerprint density at radius 2 is 2.21 bits per heavy atom. The van der Waals surface area contributed by atoms with Crippen LogP contribution in [0.1, 0.15) is 12.5 Å². The molecule has 0 spiro atoms. The van der Waals surface area contributed by atoms with Crippen molar-refractivity contribution < 1.29 is 19.0 Å². The van der Waals surface area contributed by atoms with E-state index in [1.807, 2.05) is 0 Å². The number of rotatable bonds is 3. The van der Waals surface area contributed by atoms with Crippen LogP contribution in [0.15, 0.2) is 12.1 Å². The second-order valence-electron chi connectivity index (χ2n) is 2.99. The molecule has 1 N–H and O–H groups in total. The molecule has 0 amide bonds. The highest BCUT2D eigenvalue weighted by Crippen LogP contribution is 2.27. The fraction of sp³-hybridized carbons (Fsp3) is 0.300. The number of carbonyl (C=O) groups is 1. The molecule has 0 heterocycles. The molecule has 4 heteroatoms. The molecule has 0 saturated carbocycles. The van der Waals surface area contributed by atoms with Crippen molar-refractivity contribution in [3.05, 3.63) is 23.5 Å². The summed E-state index contributed by atoms with van der Waals surface area (Å²) >= 11 is 0. The van der Waals surface area contributed by atoms with Crippen LogP contribution in [0.25, 0.3) is 0 Å². The van der Waals surface area contributed by atoms with Gasteiger partial charge >= 0.3 is 0 Å². The van der Waals surface area contributed by atoms with Gasteiger partial charge in [-0.2, -0.15) is 0 Å². The number of ether oxygens (including phenoxy) is 1. The van der Waals surface area contributed by atoms with Gasteiger partial charge in [0, 0.05) is 24.1 Å². The number of hydrogen-bond acceptors (Lipinski definition) is 3. The fourth-order valence-corrected chi connectivity index (χ4v) is 1.20. The van der Waals surface area contributed by atoms with Crippen LogP contribution in [0, 0.1) is 5.82 Å². The number of halogens is 1. The summed E-state index contributed by atoms with van der Waals surface area (Å²) < 4.78 is 18.1. The van der Waals surface area contributed by atoms with Gasteiger partial charge in [0.05, 0.1) is 7.11 Å². The molecule has 0 bridgehead atoms. The van der Waals surface area contributed by atoms with E-state index in [4.69, 9.17) is 9.84 Å². The lowest BCUT2D eigenvalue weighted by atomic mass is 10.1. The lowest BCUT2D eigenvalue weighted by molar-refractivity contribution is -0.116. The minimum absolute atomic E-state index is 0.0325. The molecule has 0 saturated heterocycles. The molecule has 1 rings (SSSR count). The molecule has 76 valence electrons. The average molecular weight is 198 g/mol. The first-order chi connectivity index (χ1) is 6.54. The van der Waals surface area contributed by atoms with Crippen LogP contribution in [0.5, 0.6) is 11.5 Å². The minimum atomic E-state index is -0.628. The third-order valence-electron chi connectivity index (χ3n) is 1.78. The Bertz CT molecular complexity index is 361. The third-order valence-corrected chi connectivity index (χ3v) is 1.78. The van der Waals surface area contributed by atoms with Gasteiger partial charge in [0.15, 0.2) is 0 Å². The normalized spacial score (nSPS) is 9.93. The van der Waals surface area contributed by atoms with E-state index in [-0.39, 0.29) is 29.3 Å². The highest BCUT2D eigenvalue weighted by Gasteiger charge is 2.13. The minimum Gasteiger partial charge on any atom is -0.508 e. The largest absolute Gasteiger partial charge is 0.508 e. The van der Waals surface area contributed by atoms with E-state index in [2.05, 4.69) is 0 Å². The number of Topliss-reactive ketones (excluding diaryl/α,β-unsaturated/α-hetero) is 1. The third kappa shape index (κ3) is 2.22. The number of aromatic hydroxyl groups is 1. The van der Waals surface area contributed by atoms with Gasteiger partial charge in [-0.15, -0.1) is 0 Å². The molecule has 0 aliphatic heterocycles. The maximum atomic E-state index is 13.3. The molecule has 14 heavy (non-hydrogen) atoms. The van der Waals surface area contributed by atoms with Crippen molar-refractivity contribution in [2.75, 3.05) is 7.11 Å². The first kappa shape index (κ1) is 10.5. The zero-order valence-electron chi connectivity index (χ0n) is 8.00. The van der Waals surface area contributed by atoms with E-state index in [0.717, 1.165) is 6.07 Å². The molecule has 1 aromatic rings. The average Bonchev–Trinajstić information content (AvgIpc) is 2.08. The van der Waals surface area contributed by atoms with Crippen LogP contribution >= 0.6 is 0 Å². The molecule has 0 fully saturated rings. The molecular formula is C10H11FO3. The van der Waals surface area contributed by atoms with Crippen molar-refractivity contribution in [2.45, 2.75) is 13.3 Å². The van der Waals surface area contributed by atoms with E-state index in [0.29, 0.717) is 0 Å². The predicted octanol–water partition coefficient (Wildman–Crippen LogP) is 1.67. The van der Waals surface area contributed by atoms with Crippen LogP contribution in [0.2, 0.25) is 0 Å². The van der Waals surface area contributed by atoms with Gasteiger partial charge in [-0.05, 0) is 6.92 Å². The van der Waals surface area contributed by atoms with Gasteiger partial charge in [-0.25, -0.2) is 4.39 Å². The number of carbonyl (C=O) groups excluding carboxylic acids is 1. The monoisotopic (exact) mass is 198 g/mol. The lowest BCUT2D eigenvalue weighted by Crippen LogP contribution is -2.02. The SMILES string of the molecule is COc1cc(O)cc(F)c1CC(C)=O. The van der Waals surface area contributed by atoms with Crippen LogP contribution in [-0.2, 0) is 11.2 Å². The standard InChI is InChI=1S/C10H11FO3/c1-6(12)3-8-9(11)4-7(13)5-10(8)14-2/h4-5,13H,3H2,1-2H3. The first-order valence-corrected chi connectivity index (χ1v) is 4.09. The van der Waals surface area contributed by atoms with Gasteiger partial charge in [0.2, 0.25) is 0 Å². The maximum absolute atomic E-state index is 13.3. The van der Waals surface area contributed by atoms with Crippen molar-refractivity contribution in [1.29, 1.82) is 0 Å². The number of methoxy groups -OCH3 is 1. The van der Waals surface area contributed by atoms with Gasteiger partial charge in [0.1, 0.15) is 23.1 Å². The van der Waals surface area contributed by atoms with E-state index in [1.165, 1.54) is 20.1 Å². The molecular weight excluding hydrogens is 187 g/mol. The highest BCUT2D eigenvalue weighted by atomic mass is 19.1. The Balaban J connectivity index is 3.18. The summed E-state index contributed by atoms with van der Waals surface area (Å²) in [5.74, 6) is -0.811. The fourth-order valence-electron chi connectivity index (χ4n) is 1.20. The predicted molar refractivity (Wildman–Crippen MR) is 49.0 cm³/mol. The van der Waals surface area contributed by atoms with Crippen molar-refractivity contribution in [1.82, 2.24) is 0 Å². The second-order valence-corrected chi connectivity index (χ2v) is 2.99. The van der Waals surface area contributed by atoms with Gasteiger partial charge in [-0.3, -0.25) is 4.79 Å². The Morgan fingerprint density at radius 1 is 1.57 bits per heavy atom. The van der Waals surface area contributed by atoms with Crippen molar-refractivity contribution in [3.63, 3.8) is 0 Å². The number of benzene rings is 1. The van der Waals surface area contributed by atoms with Crippen LogP contribution < -0.4 is 4.74 Å². The number of phenolic OH excluding ortho intramolecular Hbond substituents is 1. The summed E-state index contributed by atoms with van der Waals surface area (Å²) in [6.07, 6.45) is -0.0325. The summed E-state index contributed by atoms with van der Waals surface area (Å²) in [7, 11) is 1.36. The molecule has 0 aromatic heterocycles. The topological polar surface area (TPSA) is 46.5 Å². The zero-order chi connectivity index (χ0) is 10.7. The smallest absolute Gasteiger partial charge is 0.134 e. The summed E-state index contributed by atoms with van der Waals surface area (Å²) in [5.41, 5.74) is 0.179. The molecule has 0 aliphatic carbocycles. The number of ketones is 1. The molecule has 0 radical (unpaired) electrons. The van der Waals surface area contributed by atoms with Crippen molar-refractivity contribution in [2.24, 2.45) is 0 Å². The van der Waals surface area contributed by atoms with Crippen LogP contribution in [-0.4, -0.2) is 18.0 Å².